The lowest BCUT2D eigenvalue weighted by atomic mass is 10.0. The molecule has 163 valence electrons. The molecular weight excluding hydrogens is 412 g/mol. The van der Waals surface area contributed by atoms with Crippen LogP contribution in [0.1, 0.15) is 18.1 Å². The van der Waals surface area contributed by atoms with Gasteiger partial charge in [-0.3, -0.25) is 0 Å². The van der Waals surface area contributed by atoms with E-state index in [1.165, 1.54) is 48.5 Å². The van der Waals surface area contributed by atoms with Gasteiger partial charge in [0.05, 0.1) is 6.61 Å². The normalized spacial score (nSPS) is 12.0. The van der Waals surface area contributed by atoms with E-state index in [0.29, 0.717) is 12.0 Å². The fourth-order valence-corrected chi connectivity index (χ4v) is 2.95. The van der Waals surface area contributed by atoms with Crippen molar-refractivity contribution in [2.75, 3.05) is 6.61 Å². The Morgan fingerprint density at radius 1 is 0.839 bits per heavy atom. The molecule has 0 saturated carbocycles. The minimum Gasteiger partial charge on any atom is -0.489 e. The predicted octanol–water partition coefficient (Wildman–Crippen LogP) is 6.80. The highest BCUT2D eigenvalue weighted by molar-refractivity contribution is 5.50. The minimum atomic E-state index is -2.87. The average Bonchev–Trinajstić information content (AvgIpc) is 2.73. The van der Waals surface area contributed by atoms with Gasteiger partial charge in [-0.15, -0.1) is 0 Å². The molecule has 0 aliphatic rings. The van der Waals surface area contributed by atoms with E-state index in [9.17, 15) is 17.6 Å². The van der Waals surface area contributed by atoms with Crippen LogP contribution < -0.4 is 14.2 Å². The molecule has 3 rings (SSSR count). The molecule has 1 unspecified atom stereocenters. The van der Waals surface area contributed by atoms with Gasteiger partial charge in [-0.1, -0.05) is 25.1 Å². The molecule has 0 spiro atoms. The van der Waals surface area contributed by atoms with E-state index in [1.807, 2.05) is 6.92 Å². The van der Waals surface area contributed by atoms with E-state index in [1.54, 1.807) is 12.1 Å². The SMILES string of the molecule is [CH2]c1ccc(F)c(Oc2ccc(F)cc2)c1OCC(C)Cc1ccc(OC(F)F)cc1. The van der Waals surface area contributed by atoms with E-state index in [0.717, 1.165) is 5.56 Å². The summed E-state index contributed by atoms with van der Waals surface area (Å²) < 4.78 is 67.8. The first kappa shape index (κ1) is 22.5. The lowest BCUT2D eigenvalue weighted by Crippen LogP contribution is -2.12. The van der Waals surface area contributed by atoms with Gasteiger partial charge in [0.2, 0.25) is 5.75 Å². The lowest BCUT2D eigenvalue weighted by molar-refractivity contribution is -0.0498. The van der Waals surface area contributed by atoms with Gasteiger partial charge in [-0.2, -0.15) is 8.78 Å². The summed E-state index contributed by atoms with van der Waals surface area (Å²) in [6.45, 7) is 3.17. The summed E-state index contributed by atoms with van der Waals surface area (Å²) in [5, 5.41) is 0. The predicted molar refractivity (Wildman–Crippen MR) is 109 cm³/mol. The Balaban J connectivity index is 1.66. The number of benzene rings is 3. The first-order chi connectivity index (χ1) is 14.8. The van der Waals surface area contributed by atoms with Gasteiger partial charge in [0.25, 0.3) is 0 Å². The number of hydrogen-bond donors (Lipinski definition) is 0. The van der Waals surface area contributed by atoms with Crippen LogP contribution in [-0.4, -0.2) is 13.2 Å². The molecule has 0 aliphatic heterocycles. The fraction of sp³-hybridized carbons (Fsp3) is 0.208. The third kappa shape index (κ3) is 6.38. The fourth-order valence-electron chi connectivity index (χ4n) is 2.95. The molecule has 3 aromatic rings. The van der Waals surface area contributed by atoms with Crippen molar-refractivity contribution >= 4 is 0 Å². The van der Waals surface area contributed by atoms with Crippen LogP contribution in [0.25, 0.3) is 0 Å². The van der Waals surface area contributed by atoms with Crippen molar-refractivity contribution in [3.8, 4) is 23.0 Å². The van der Waals surface area contributed by atoms with Crippen molar-refractivity contribution in [3.63, 3.8) is 0 Å². The summed E-state index contributed by atoms with van der Waals surface area (Å²) in [4.78, 5) is 0. The highest BCUT2D eigenvalue weighted by Gasteiger charge is 2.17. The third-order valence-electron chi connectivity index (χ3n) is 4.42. The highest BCUT2D eigenvalue weighted by Crippen LogP contribution is 2.37. The Labute approximate surface area is 178 Å². The molecule has 0 fully saturated rings. The summed E-state index contributed by atoms with van der Waals surface area (Å²) >= 11 is 0. The molecular formula is C24H21F4O3. The highest BCUT2D eigenvalue weighted by atomic mass is 19.3. The summed E-state index contributed by atoms with van der Waals surface area (Å²) in [5.41, 5.74) is 1.36. The number of ether oxygens (including phenoxy) is 3. The maximum atomic E-state index is 14.4. The Hall–Kier alpha value is -3.22. The summed E-state index contributed by atoms with van der Waals surface area (Å²) in [6, 6.07) is 14.3. The van der Waals surface area contributed by atoms with Gasteiger partial charge in [-0.25, -0.2) is 8.78 Å². The van der Waals surface area contributed by atoms with Crippen molar-refractivity contribution in [1.82, 2.24) is 0 Å². The average molecular weight is 433 g/mol. The first-order valence-corrected chi connectivity index (χ1v) is 9.56. The van der Waals surface area contributed by atoms with Crippen molar-refractivity contribution in [1.29, 1.82) is 0 Å². The van der Waals surface area contributed by atoms with Gasteiger partial charge < -0.3 is 14.2 Å². The van der Waals surface area contributed by atoms with Crippen LogP contribution >= 0.6 is 0 Å². The molecule has 1 radical (unpaired) electrons. The van der Waals surface area contributed by atoms with Crippen molar-refractivity contribution < 1.29 is 31.8 Å². The second-order valence-corrected chi connectivity index (χ2v) is 7.06. The van der Waals surface area contributed by atoms with Crippen LogP contribution in [0.5, 0.6) is 23.0 Å². The smallest absolute Gasteiger partial charge is 0.387 e. The second-order valence-electron chi connectivity index (χ2n) is 7.06. The maximum Gasteiger partial charge on any atom is 0.387 e. The van der Waals surface area contributed by atoms with Gasteiger partial charge in [-0.05, 0) is 72.9 Å². The zero-order valence-electron chi connectivity index (χ0n) is 16.8. The molecule has 7 heteroatoms. The number of hydrogen-bond acceptors (Lipinski definition) is 3. The Morgan fingerprint density at radius 3 is 2.13 bits per heavy atom. The van der Waals surface area contributed by atoms with E-state index >= 15 is 0 Å². The molecule has 3 nitrogen and oxygen atoms in total. The largest absolute Gasteiger partial charge is 0.489 e. The molecule has 0 N–H and O–H groups in total. The molecule has 31 heavy (non-hydrogen) atoms. The number of rotatable bonds is 9. The van der Waals surface area contributed by atoms with E-state index in [2.05, 4.69) is 11.7 Å². The summed E-state index contributed by atoms with van der Waals surface area (Å²) in [6.07, 6.45) is 0.602. The zero-order valence-corrected chi connectivity index (χ0v) is 16.8. The minimum absolute atomic E-state index is 0.0169. The standard InChI is InChI=1S/C24H21F4O3/c1-15(13-17-4-8-20(9-5-17)31-24(27)28)14-29-22-16(2)3-12-21(26)23(22)30-19-10-6-18(25)7-11-19/h3-12,15,24H,2,13-14H2,1H3. The Bertz CT molecular complexity index is 989. The maximum absolute atomic E-state index is 14.4. The monoisotopic (exact) mass is 433 g/mol. The van der Waals surface area contributed by atoms with Crippen molar-refractivity contribution in [2.24, 2.45) is 5.92 Å². The second kappa shape index (κ2) is 10.2. The van der Waals surface area contributed by atoms with Gasteiger partial charge >= 0.3 is 6.61 Å². The molecule has 0 amide bonds. The van der Waals surface area contributed by atoms with Crippen LogP contribution in [0.4, 0.5) is 17.6 Å². The molecule has 0 bridgehead atoms. The third-order valence-corrected chi connectivity index (χ3v) is 4.42. The van der Waals surface area contributed by atoms with E-state index in [-0.39, 0.29) is 35.5 Å². The van der Waals surface area contributed by atoms with E-state index < -0.39 is 18.2 Å². The first-order valence-electron chi connectivity index (χ1n) is 9.56. The van der Waals surface area contributed by atoms with Gasteiger partial charge in [0.1, 0.15) is 17.3 Å². The molecule has 0 heterocycles. The topological polar surface area (TPSA) is 27.7 Å². The molecule has 0 aromatic heterocycles. The van der Waals surface area contributed by atoms with Gasteiger partial charge in [0.15, 0.2) is 11.6 Å². The quantitative estimate of drug-likeness (QED) is 0.348. The molecule has 0 saturated heterocycles. The summed E-state index contributed by atoms with van der Waals surface area (Å²) in [7, 11) is 0. The molecule has 0 aliphatic carbocycles. The van der Waals surface area contributed by atoms with Crippen LogP contribution in [-0.2, 0) is 6.42 Å². The van der Waals surface area contributed by atoms with E-state index in [4.69, 9.17) is 9.47 Å². The van der Waals surface area contributed by atoms with Crippen molar-refractivity contribution in [3.05, 3.63) is 90.3 Å². The van der Waals surface area contributed by atoms with Crippen LogP contribution in [0.15, 0.2) is 60.7 Å². The van der Waals surface area contributed by atoms with Crippen LogP contribution in [0.2, 0.25) is 0 Å². The number of alkyl halides is 2. The van der Waals surface area contributed by atoms with Gasteiger partial charge in [0, 0.05) is 0 Å². The molecule has 3 aromatic carbocycles. The van der Waals surface area contributed by atoms with Crippen LogP contribution in [0.3, 0.4) is 0 Å². The Kier molecular flexibility index (Phi) is 7.39. The molecule has 1 atom stereocenters. The van der Waals surface area contributed by atoms with Crippen LogP contribution in [0, 0.1) is 24.5 Å². The Morgan fingerprint density at radius 2 is 1.48 bits per heavy atom. The lowest BCUT2D eigenvalue weighted by Gasteiger charge is -2.18. The zero-order chi connectivity index (χ0) is 22.4. The van der Waals surface area contributed by atoms with Crippen molar-refractivity contribution in [2.45, 2.75) is 20.0 Å². The summed E-state index contributed by atoms with van der Waals surface area (Å²) in [5.74, 6) is -0.659. The number of halogens is 4.